The predicted molar refractivity (Wildman–Crippen MR) is 73.6 cm³/mol. The fourth-order valence-corrected chi connectivity index (χ4v) is 1.89. The molecule has 0 bridgehead atoms. The van der Waals surface area contributed by atoms with E-state index >= 15 is 0 Å². The van der Waals surface area contributed by atoms with E-state index in [1.807, 2.05) is 0 Å². The van der Waals surface area contributed by atoms with Crippen molar-refractivity contribution in [2.75, 3.05) is 0 Å². The highest BCUT2D eigenvalue weighted by Gasteiger charge is 2.30. The lowest BCUT2D eigenvalue weighted by Crippen LogP contribution is -2.06. The molecule has 0 aliphatic rings. The van der Waals surface area contributed by atoms with Gasteiger partial charge in [0.25, 0.3) is 0 Å². The maximum absolute atomic E-state index is 12.6. The molecule has 0 spiro atoms. The first kappa shape index (κ1) is 15.8. The largest absolute Gasteiger partial charge is 0.482 e. The third-order valence-electron chi connectivity index (χ3n) is 2.96. The molecule has 0 saturated heterocycles. The van der Waals surface area contributed by atoms with E-state index in [0.29, 0.717) is 5.56 Å². The van der Waals surface area contributed by atoms with Crippen molar-refractivity contribution < 1.29 is 22.8 Å². The molecule has 0 amide bonds. The molecular formula is C15H12F3NO3. The Bertz CT molecular complexity index is 699. The van der Waals surface area contributed by atoms with Gasteiger partial charge in [-0.15, -0.1) is 0 Å². The lowest BCUT2D eigenvalue weighted by molar-refractivity contribution is -0.386. The molecule has 0 heterocycles. The van der Waals surface area contributed by atoms with Gasteiger partial charge in [-0.25, -0.2) is 0 Å². The predicted octanol–water partition coefficient (Wildman–Crippen LogP) is 4.50. The van der Waals surface area contributed by atoms with Gasteiger partial charge in [-0.2, -0.15) is 13.2 Å². The van der Waals surface area contributed by atoms with E-state index in [0.717, 1.165) is 12.1 Å². The van der Waals surface area contributed by atoms with Gasteiger partial charge in [-0.05, 0) is 36.2 Å². The topological polar surface area (TPSA) is 52.4 Å². The maximum Gasteiger partial charge on any atom is 0.416 e. The second-order valence-electron chi connectivity index (χ2n) is 4.72. The summed E-state index contributed by atoms with van der Waals surface area (Å²) < 4.78 is 43.1. The number of nitro groups is 1. The molecule has 0 N–H and O–H groups in total. The molecule has 2 aromatic carbocycles. The lowest BCUT2D eigenvalue weighted by Gasteiger charge is -2.10. The monoisotopic (exact) mass is 311 g/mol. The highest BCUT2D eigenvalue weighted by atomic mass is 19.4. The number of alkyl halides is 3. The van der Waals surface area contributed by atoms with Gasteiger partial charge in [-0.3, -0.25) is 10.1 Å². The molecular weight excluding hydrogens is 299 g/mol. The first-order valence-corrected chi connectivity index (χ1v) is 6.31. The Morgan fingerprint density at radius 2 is 1.91 bits per heavy atom. The standard InChI is InChI=1S/C15H12F3NO3/c1-10-5-6-14(13(7-10)19(20)21)22-9-11-3-2-4-12(8-11)15(16,17)18/h2-8H,9H2,1H3. The molecule has 0 aliphatic heterocycles. The molecule has 2 aromatic rings. The highest BCUT2D eigenvalue weighted by molar-refractivity contribution is 5.48. The summed E-state index contributed by atoms with van der Waals surface area (Å²) >= 11 is 0. The van der Waals surface area contributed by atoms with Gasteiger partial charge in [0.05, 0.1) is 10.5 Å². The lowest BCUT2D eigenvalue weighted by atomic mass is 10.1. The number of nitro benzene ring substituents is 1. The van der Waals surface area contributed by atoms with E-state index in [2.05, 4.69) is 0 Å². The van der Waals surface area contributed by atoms with E-state index in [9.17, 15) is 23.3 Å². The summed E-state index contributed by atoms with van der Waals surface area (Å²) in [6.07, 6.45) is -4.44. The molecule has 0 radical (unpaired) electrons. The number of ether oxygens (including phenoxy) is 1. The maximum atomic E-state index is 12.6. The molecule has 22 heavy (non-hydrogen) atoms. The summed E-state index contributed by atoms with van der Waals surface area (Å²) in [4.78, 5) is 10.4. The zero-order valence-electron chi connectivity index (χ0n) is 11.6. The van der Waals surface area contributed by atoms with Gasteiger partial charge >= 0.3 is 11.9 Å². The third-order valence-corrected chi connectivity index (χ3v) is 2.96. The van der Waals surface area contributed by atoms with Crippen molar-refractivity contribution in [2.24, 2.45) is 0 Å². The van der Waals surface area contributed by atoms with Crippen molar-refractivity contribution in [2.45, 2.75) is 19.7 Å². The highest BCUT2D eigenvalue weighted by Crippen LogP contribution is 2.31. The fraction of sp³-hybridized carbons (Fsp3) is 0.200. The van der Waals surface area contributed by atoms with Crippen molar-refractivity contribution in [1.29, 1.82) is 0 Å². The first-order valence-electron chi connectivity index (χ1n) is 6.31. The first-order chi connectivity index (χ1) is 10.3. The van der Waals surface area contributed by atoms with Crippen LogP contribution >= 0.6 is 0 Å². The van der Waals surface area contributed by atoms with Gasteiger partial charge in [0.1, 0.15) is 6.61 Å². The molecule has 7 heteroatoms. The molecule has 0 fully saturated rings. The van der Waals surface area contributed by atoms with Crippen LogP contribution in [0.15, 0.2) is 42.5 Å². The van der Waals surface area contributed by atoms with Crippen LogP contribution in [-0.4, -0.2) is 4.92 Å². The number of benzene rings is 2. The van der Waals surface area contributed by atoms with Crippen LogP contribution in [0.3, 0.4) is 0 Å². The third kappa shape index (κ3) is 3.75. The Hall–Kier alpha value is -2.57. The average Bonchev–Trinajstić information content (AvgIpc) is 2.45. The average molecular weight is 311 g/mol. The minimum absolute atomic E-state index is 0.0213. The van der Waals surface area contributed by atoms with Crippen molar-refractivity contribution in [3.8, 4) is 5.75 Å². The minimum Gasteiger partial charge on any atom is -0.482 e. The Kier molecular flexibility index (Phi) is 4.35. The van der Waals surface area contributed by atoms with Crippen molar-refractivity contribution >= 4 is 5.69 Å². The summed E-state index contributed by atoms with van der Waals surface area (Å²) in [5, 5.41) is 10.9. The van der Waals surface area contributed by atoms with Gasteiger partial charge < -0.3 is 4.74 Å². The van der Waals surface area contributed by atoms with Crippen molar-refractivity contribution in [3.63, 3.8) is 0 Å². The Labute approximate surface area is 124 Å². The number of nitrogens with zero attached hydrogens (tertiary/aromatic N) is 1. The molecule has 0 aromatic heterocycles. The second kappa shape index (κ2) is 6.05. The van der Waals surface area contributed by atoms with Crippen LogP contribution in [0.25, 0.3) is 0 Å². The van der Waals surface area contributed by atoms with E-state index in [1.165, 1.54) is 24.3 Å². The Balaban J connectivity index is 2.19. The van der Waals surface area contributed by atoms with Gasteiger partial charge in [-0.1, -0.05) is 18.2 Å². The van der Waals surface area contributed by atoms with E-state index in [4.69, 9.17) is 4.74 Å². The summed E-state index contributed by atoms with van der Waals surface area (Å²) in [5.74, 6) is 0.0213. The Morgan fingerprint density at radius 1 is 1.18 bits per heavy atom. The van der Waals surface area contributed by atoms with Crippen LogP contribution in [0.2, 0.25) is 0 Å². The molecule has 0 saturated carbocycles. The molecule has 0 unspecified atom stereocenters. The van der Waals surface area contributed by atoms with Gasteiger partial charge in [0.2, 0.25) is 0 Å². The van der Waals surface area contributed by atoms with Crippen LogP contribution in [0.5, 0.6) is 5.75 Å². The van der Waals surface area contributed by atoms with Crippen molar-refractivity contribution in [3.05, 3.63) is 69.3 Å². The molecule has 2 rings (SSSR count). The zero-order valence-corrected chi connectivity index (χ0v) is 11.6. The van der Waals surface area contributed by atoms with Crippen LogP contribution in [0, 0.1) is 17.0 Å². The molecule has 116 valence electrons. The molecule has 0 atom stereocenters. The number of hydrogen-bond acceptors (Lipinski definition) is 3. The summed E-state index contributed by atoms with van der Waals surface area (Å²) in [5.41, 5.74) is -0.0261. The van der Waals surface area contributed by atoms with Crippen LogP contribution in [0.4, 0.5) is 18.9 Å². The van der Waals surface area contributed by atoms with Gasteiger partial charge in [0.15, 0.2) is 5.75 Å². The summed E-state index contributed by atoms with van der Waals surface area (Å²) in [6.45, 7) is 1.51. The number of aryl methyl sites for hydroxylation is 1. The summed E-state index contributed by atoms with van der Waals surface area (Å²) in [6, 6.07) is 9.06. The van der Waals surface area contributed by atoms with Crippen LogP contribution in [-0.2, 0) is 12.8 Å². The molecule has 0 aliphatic carbocycles. The van der Waals surface area contributed by atoms with E-state index in [-0.39, 0.29) is 23.6 Å². The quantitative estimate of drug-likeness (QED) is 0.617. The van der Waals surface area contributed by atoms with E-state index in [1.54, 1.807) is 13.0 Å². The Morgan fingerprint density at radius 3 is 2.55 bits per heavy atom. The molecule has 4 nitrogen and oxygen atoms in total. The summed E-state index contributed by atoms with van der Waals surface area (Å²) in [7, 11) is 0. The second-order valence-corrected chi connectivity index (χ2v) is 4.72. The smallest absolute Gasteiger partial charge is 0.416 e. The fourth-order valence-electron chi connectivity index (χ4n) is 1.89. The van der Waals surface area contributed by atoms with E-state index < -0.39 is 16.7 Å². The zero-order chi connectivity index (χ0) is 16.3. The number of halogens is 3. The number of rotatable bonds is 4. The van der Waals surface area contributed by atoms with Crippen LogP contribution in [0.1, 0.15) is 16.7 Å². The SMILES string of the molecule is Cc1ccc(OCc2cccc(C(F)(F)F)c2)c([N+](=O)[O-])c1. The van der Waals surface area contributed by atoms with Gasteiger partial charge in [0, 0.05) is 6.07 Å². The van der Waals surface area contributed by atoms with Crippen LogP contribution < -0.4 is 4.74 Å². The normalized spacial score (nSPS) is 11.3. The number of hydrogen-bond donors (Lipinski definition) is 0. The minimum atomic E-state index is -4.44. The van der Waals surface area contributed by atoms with Crippen molar-refractivity contribution in [1.82, 2.24) is 0 Å².